The van der Waals surface area contributed by atoms with Gasteiger partial charge in [0.25, 0.3) is 5.69 Å². The zero-order valence-corrected chi connectivity index (χ0v) is 11.7. The third kappa shape index (κ3) is 3.33. The standard InChI is InChI=1S/C11H15IN2O2/c1-4-11(2,3)13-10-6-5-8(14(15)16)7-9(10)12/h5-7,13H,4H2,1-3H3. The summed E-state index contributed by atoms with van der Waals surface area (Å²) in [6.45, 7) is 6.31. The molecule has 0 aromatic heterocycles. The molecule has 0 radical (unpaired) electrons. The molecule has 0 spiro atoms. The average Bonchev–Trinajstić information content (AvgIpc) is 2.20. The van der Waals surface area contributed by atoms with Crippen molar-refractivity contribution in [3.63, 3.8) is 0 Å². The summed E-state index contributed by atoms with van der Waals surface area (Å²) in [6.07, 6.45) is 0.986. The maximum Gasteiger partial charge on any atom is 0.270 e. The molecule has 0 bridgehead atoms. The molecule has 16 heavy (non-hydrogen) atoms. The van der Waals surface area contributed by atoms with Crippen molar-refractivity contribution in [1.29, 1.82) is 0 Å². The molecule has 0 aliphatic carbocycles. The normalized spacial score (nSPS) is 11.2. The Morgan fingerprint density at radius 2 is 2.12 bits per heavy atom. The van der Waals surface area contributed by atoms with Crippen LogP contribution in [0, 0.1) is 13.7 Å². The predicted molar refractivity (Wildman–Crippen MR) is 73.8 cm³/mol. The Labute approximate surface area is 109 Å². The number of nitro groups is 1. The lowest BCUT2D eigenvalue weighted by atomic mass is 10.0. The number of hydrogen-bond acceptors (Lipinski definition) is 3. The highest BCUT2D eigenvalue weighted by atomic mass is 127. The van der Waals surface area contributed by atoms with Gasteiger partial charge in [-0.15, -0.1) is 0 Å². The van der Waals surface area contributed by atoms with Gasteiger partial charge in [0.1, 0.15) is 0 Å². The van der Waals surface area contributed by atoms with Crippen molar-refractivity contribution in [3.8, 4) is 0 Å². The molecule has 1 aromatic carbocycles. The van der Waals surface area contributed by atoms with Gasteiger partial charge in [-0.3, -0.25) is 10.1 Å². The first-order chi connectivity index (χ1) is 7.35. The van der Waals surface area contributed by atoms with E-state index in [-0.39, 0.29) is 16.1 Å². The third-order valence-corrected chi connectivity index (χ3v) is 3.41. The number of nitrogens with one attached hydrogen (secondary N) is 1. The largest absolute Gasteiger partial charge is 0.379 e. The molecule has 1 N–H and O–H groups in total. The summed E-state index contributed by atoms with van der Waals surface area (Å²) in [5.41, 5.74) is 1.07. The zero-order valence-electron chi connectivity index (χ0n) is 9.58. The van der Waals surface area contributed by atoms with Gasteiger partial charge in [0.15, 0.2) is 0 Å². The van der Waals surface area contributed by atoms with Gasteiger partial charge in [0, 0.05) is 26.9 Å². The summed E-state index contributed by atoms with van der Waals surface area (Å²) < 4.78 is 0.869. The molecule has 0 unspecified atom stereocenters. The minimum atomic E-state index is -0.378. The van der Waals surface area contributed by atoms with Crippen molar-refractivity contribution < 1.29 is 4.92 Å². The van der Waals surface area contributed by atoms with Gasteiger partial charge in [0.05, 0.1) is 4.92 Å². The molecule has 4 nitrogen and oxygen atoms in total. The summed E-state index contributed by atoms with van der Waals surface area (Å²) in [5, 5.41) is 14.0. The fraction of sp³-hybridized carbons (Fsp3) is 0.455. The minimum Gasteiger partial charge on any atom is -0.379 e. The fourth-order valence-corrected chi connectivity index (χ4v) is 1.81. The first kappa shape index (κ1) is 13.2. The van der Waals surface area contributed by atoms with E-state index in [9.17, 15) is 10.1 Å². The molecule has 1 rings (SSSR count). The Balaban J connectivity index is 2.96. The van der Waals surface area contributed by atoms with E-state index in [1.807, 2.05) is 0 Å². The molecule has 0 aliphatic rings. The Kier molecular flexibility index (Phi) is 4.12. The van der Waals surface area contributed by atoms with E-state index in [2.05, 4.69) is 48.7 Å². The topological polar surface area (TPSA) is 55.2 Å². The second-order valence-corrected chi connectivity index (χ2v) is 5.45. The molecule has 0 amide bonds. The predicted octanol–water partition coefficient (Wildman–Crippen LogP) is 3.80. The first-order valence-electron chi connectivity index (χ1n) is 5.08. The summed E-state index contributed by atoms with van der Waals surface area (Å²) >= 11 is 2.11. The fourth-order valence-electron chi connectivity index (χ4n) is 1.17. The number of benzene rings is 1. The van der Waals surface area contributed by atoms with Gasteiger partial charge in [-0.05, 0) is 48.9 Å². The van der Waals surface area contributed by atoms with Gasteiger partial charge in [0.2, 0.25) is 0 Å². The molecular formula is C11H15IN2O2. The number of hydrogen-bond donors (Lipinski definition) is 1. The van der Waals surface area contributed by atoms with E-state index in [1.54, 1.807) is 12.1 Å². The number of nitro benzene ring substituents is 1. The van der Waals surface area contributed by atoms with E-state index in [1.165, 1.54) is 6.07 Å². The monoisotopic (exact) mass is 334 g/mol. The Hall–Kier alpha value is -0.850. The van der Waals surface area contributed by atoms with Crippen LogP contribution in [0.2, 0.25) is 0 Å². The average molecular weight is 334 g/mol. The Bertz CT molecular complexity index is 405. The summed E-state index contributed by atoms with van der Waals surface area (Å²) in [5.74, 6) is 0. The molecule has 0 fully saturated rings. The van der Waals surface area contributed by atoms with E-state index in [4.69, 9.17) is 0 Å². The summed E-state index contributed by atoms with van der Waals surface area (Å²) in [6, 6.07) is 4.86. The van der Waals surface area contributed by atoms with Crippen molar-refractivity contribution in [3.05, 3.63) is 31.9 Å². The van der Waals surface area contributed by atoms with Gasteiger partial charge < -0.3 is 5.32 Å². The SMILES string of the molecule is CCC(C)(C)Nc1ccc([N+](=O)[O-])cc1I. The Morgan fingerprint density at radius 1 is 1.50 bits per heavy atom. The van der Waals surface area contributed by atoms with Crippen LogP contribution in [0.1, 0.15) is 27.2 Å². The first-order valence-corrected chi connectivity index (χ1v) is 6.16. The van der Waals surface area contributed by atoms with Crippen LogP contribution in [-0.2, 0) is 0 Å². The molecule has 5 heteroatoms. The number of nitrogens with zero attached hydrogens (tertiary/aromatic N) is 1. The molecule has 0 aliphatic heterocycles. The van der Waals surface area contributed by atoms with Crippen LogP contribution in [0.25, 0.3) is 0 Å². The maximum atomic E-state index is 10.6. The zero-order chi connectivity index (χ0) is 12.3. The van der Waals surface area contributed by atoms with Crippen LogP contribution in [0.5, 0.6) is 0 Å². The number of anilines is 1. The number of non-ortho nitro benzene ring substituents is 1. The molecule has 88 valence electrons. The number of halogens is 1. The van der Waals surface area contributed by atoms with Crippen molar-refractivity contribution in [2.75, 3.05) is 5.32 Å². The second kappa shape index (κ2) is 4.99. The molecular weight excluding hydrogens is 319 g/mol. The van der Waals surface area contributed by atoms with Crippen LogP contribution in [0.3, 0.4) is 0 Å². The summed E-state index contributed by atoms with van der Waals surface area (Å²) in [4.78, 5) is 10.2. The highest BCUT2D eigenvalue weighted by molar-refractivity contribution is 14.1. The van der Waals surface area contributed by atoms with E-state index < -0.39 is 0 Å². The van der Waals surface area contributed by atoms with E-state index >= 15 is 0 Å². The summed E-state index contributed by atoms with van der Waals surface area (Å²) in [7, 11) is 0. The van der Waals surface area contributed by atoms with E-state index in [0.717, 1.165) is 15.7 Å². The quantitative estimate of drug-likeness (QED) is 0.518. The highest BCUT2D eigenvalue weighted by Gasteiger charge is 2.17. The van der Waals surface area contributed by atoms with Crippen LogP contribution in [0.4, 0.5) is 11.4 Å². The van der Waals surface area contributed by atoms with Crippen molar-refractivity contribution in [1.82, 2.24) is 0 Å². The lowest BCUT2D eigenvalue weighted by molar-refractivity contribution is -0.384. The maximum absolute atomic E-state index is 10.6. The van der Waals surface area contributed by atoms with Crippen molar-refractivity contribution in [2.24, 2.45) is 0 Å². The minimum absolute atomic E-state index is 0.00391. The van der Waals surface area contributed by atoms with Gasteiger partial charge in [-0.1, -0.05) is 6.92 Å². The molecule has 0 heterocycles. The van der Waals surface area contributed by atoms with Crippen molar-refractivity contribution in [2.45, 2.75) is 32.7 Å². The Morgan fingerprint density at radius 3 is 2.56 bits per heavy atom. The lowest BCUT2D eigenvalue weighted by Gasteiger charge is -2.26. The molecule has 0 saturated carbocycles. The van der Waals surface area contributed by atoms with Crippen LogP contribution in [-0.4, -0.2) is 10.5 Å². The molecule has 1 aromatic rings. The lowest BCUT2D eigenvalue weighted by Crippen LogP contribution is -2.29. The molecule has 0 saturated heterocycles. The highest BCUT2D eigenvalue weighted by Crippen LogP contribution is 2.26. The van der Waals surface area contributed by atoms with Crippen LogP contribution < -0.4 is 5.32 Å². The van der Waals surface area contributed by atoms with Crippen molar-refractivity contribution >= 4 is 34.0 Å². The van der Waals surface area contributed by atoms with E-state index in [0.29, 0.717) is 0 Å². The van der Waals surface area contributed by atoms with Gasteiger partial charge in [-0.25, -0.2) is 0 Å². The number of rotatable bonds is 4. The van der Waals surface area contributed by atoms with Crippen LogP contribution >= 0.6 is 22.6 Å². The second-order valence-electron chi connectivity index (χ2n) is 4.28. The third-order valence-electron chi connectivity index (χ3n) is 2.52. The smallest absolute Gasteiger partial charge is 0.270 e. The van der Waals surface area contributed by atoms with Gasteiger partial charge in [-0.2, -0.15) is 0 Å². The van der Waals surface area contributed by atoms with Crippen LogP contribution in [0.15, 0.2) is 18.2 Å². The van der Waals surface area contributed by atoms with Gasteiger partial charge >= 0.3 is 0 Å². The molecule has 0 atom stereocenters.